The first kappa shape index (κ1) is 17.5. The summed E-state index contributed by atoms with van der Waals surface area (Å²) in [5.41, 5.74) is 9.31. The molecule has 1 heterocycles. The maximum absolute atomic E-state index is 6.23. The molecule has 0 radical (unpaired) electrons. The summed E-state index contributed by atoms with van der Waals surface area (Å²) < 4.78 is 12.2. The van der Waals surface area contributed by atoms with Crippen molar-refractivity contribution < 1.29 is 9.31 Å². The lowest BCUT2D eigenvalue weighted by Gasteiger charge is -2.32. The first-order chi connectivity index (χ1) is 10.1. The Morgan fingerprint density at radius 1 is 1.14 bits per heavy atom. The van der Waals surface area contributed by atoms with Gasteiger partial charge in [-0.2, -0.15) is 0 Å². The summed E-state index contributed by atoms with van der Waals surface area (Å²) in [6.45, 7) is 12.6. The molecule has 0 unspecified atom stereocenters. The molecule has 1 aliphatic rings. The fourth-order valence-electron chi connectivity index (χ4n) is 2.49. The minimum atomic E-state index is -0.411. The highest BCUT2D eigenvalue weighted by molar-refractivity contribution is 6.55. The molecule has 2 rings (SSSR count). The highest BCUT2D eigenvalue weighted by atomic mass is 35.5. The molecule has 1 aliphatic heterocycles. The van der Waals surface area contributed by atoms with Gasteiger partial charge in [0.05, 0.1) is 11.2 Å². The topological polar surface area (TPSA) is 44.5 Å². The van der Waals surface area contributed by atoms with Crippen molar-refractivity contribution in [1.82, 2.24) is 0 Å². The van der Waals surface area contributed by atoms with Crippen molar-refractivity contribution >= 4 is 24.8 Å². The fourth-order valence-corrected chi connectivity index (χ4v) is 2.60. The van der Waals surface area contributed by atoms with E-state index in [9.17, 15) is 0 Å². The Bertz CT molecular complexity index is 572. The number of hydrogen-bond acceptors (Lipinski definition) is 3. The zero-order valence-corrected chi connectivity index (χ0v) is 15.0. The van der Waals surface area contributed by atoms with E-state index in [4.69, 9.17) is 26.6 Å². The van der Waals surface area contributed by atoms with Crippen LogP contribution in [-0.4, -0.2) is 24.9 Å². The SMILES string of the molecule is Cc1cc(C=C(CN)B2OC(C)(C)C(C)(C)O2)cc(C)c1Cl. The first-order valence-corrected chi connectivity index (χ1v) is 7.98. The summed E-state index contributed by atoms with van der Waals surface area (Å²) in [5.74, 6) is 0. The van der Waals surface area contributed by atoms with Gasteiger partial charge >= 0.3 is 7.12 Å². The van der Waals surface area contributed by atoms with Crippen molar-refractivity contribution in [3.05, 3.63) is 39.3 Å². The number of nitrogens with two attached hydrogens (primary N) is 1. The molecule has 1 fully saturated rings. The molecule has 22 heavy (non-hydrogen) atoms. The number of rotatable bonds is 3. The van der Waals surface area contributed by atoms with Crippen molar-refractivity contribution in [2.75, 3.05) is 6.54 Å². The van der Waals surface area contributed by atoms with E-state index < -0.39 is 7.12 Å². The van der Waals surface area contributed by atoms with E-state index in [0.717, 1.165) is 27.2 Å². The van der Waals surface area contributed by atoms with Gasteiger partial charge in [-0.3, -0.25) is 0 Å². The number of benzene rings is 1. The van der Waals surface area contributed by atoms with Crippen molar-refractivity contribution in [3.8, 4) is 0 Å². The van der Waals surface area contributed by atoms with Gasteiger partial charge < -0.3 is 15.0 Å². The first-order valence-electron chi connectivity index (χ1n) is 7.60. The van der Waals surface area contributed by atoms with Crippen LogP contribution in [0.4, 0.5) is 0 Å². The van der Waals surface area contributed by atoms with Gasteiger partial charge in [0, 0.05) is 11.6 Å². The number of halogens is 1. The van der Waals surface area contributed by atoms with Crippen LogP contribution in [0.2, 0.25) is 5.02 Å². The van der Waals surface area contributed by atoms with Gasteiger partial charge in [0.1, 0.15) is 0 Å². The molecular formula is C17H25BClNO2. The molecular weight excluding hydrogens is 296 g/mol. The molecule has 0 atom stereocenters. The maximum Gasteiger partial charge on any atom is 0.491 e. The second-order valence-corrected chi connectivity index (χ2v) is 7.36. The molecule has 0 saturated carbocycles. The zero-order valence-electron chi connectivity index (χ0n) is 14.3. The lowest BCUT2D eigenvalue weighted by atomic mass is 9.77. The molecule has 120 valence electrons. The van der Waals surface area contributed by atoms with Crippen molar-refractivity contribution in [2.24, 2.45) is 5.73 Å². The third kappa shape index (κ3) is 3.25. The summed E-state index contributed by atoms with van der Waals surface area (Å²) in [7, 11) is -0.411. The standard InChI is InChI=1S/C17H25BClNO2/c1-11-7-13(8-12(2)15(11)19)9-14(10-20)18-21-16(3,4)17(5,6)22-18/h7-9H,10,20H2,1-6H3. The molecule has 0 spiro atoms. The molecule has 1 aromatic rings. The van der Waals surface area contributed by atoms with E-state index in [0.29, 0.717) is 6.54 Å². The Kier molecular flexibility index (Phi) is 4.79. The van der Waals surface area contributed by atoms with Gasteiger partial charge in [-0.05, 0) is 63.7 Å². The third-order valence-electron chi connectivity index (χ3n) is 4.60. The highest BCUT2D eigenvalue weighted by Crippen LogP contribution is 2.38. The lowest BCUT2D eigenvalue weighted by molar-refractivity contribution is 0.00578. The van der Waals surface area contributed by atoms with Crippen molar-refractivity contribution in [2.45, 2.75) is 52.7 Å². The average Bonchev–Trinajstić information content (AvgIpc) is 2.61. The summed E-state index contributed by atoms with van der Waals surface area (Å²) in [5, 5.41) is 0.807. The van der Waals surface area contributed by atoms with Crippen molar-refractivity contribution in [3.63, 3.8) is 0 Å². The van der Waals surface area contributed by atoms with E-state index in [1.54, 1.807) is 0 Å². The summed E-state index contributed by atoms with van der Waals surface area (Å²) in [4.78, 5) is 0. The smallest absolute Gasteiger partial charge is 0.400 e. The average molecular weight is 322 g/mol. The van der Waals surface area contributed by atoms with Crippen molar-refractivity contribution in [1.29, 1.82) is 0 Å². The fraction of sp³-hybridized carbons (Fsp3) is 0.529. The quantitative estimate of drug-likeness (QED) is 0.858. The number of hydrogen-bond donors (Lipinski definition) is 1. The Labute approximate surface area is 139 Å². The molecule has 1 saturated heterocycles. The predicted octanol–water partition coefficient (Wildman–Crippen LogP) is 3.93. The van der Waals surface area contributed by atoms with E-state index in [1.165, 1.54) is 0 Å². The highest BCUT2D eigenvalue weighted by Gasteiger charge is 2.52. The molecule has 0 amide bonds. The molecule has 3 nitrogen and oxygen atoms in total. The summed E-state index contributed by atoms with van der Waals surface area (Å²) >= 11 is 6.23. The van der Waals surface area contributed by atoms with Crippen LogP contribution in [0.3, 0.4) is 0 Å². The molecule has 2 N–H and O–H groups in total. The minimum Gasteiger partial charge on any atom is -0.400 e. The van der Waals surface area contributed by atoms with Gasteiger partial charge in [-0.15, -0.1) is 0 Å². The van der Waals surface area contributed by atoms with E-state index in [-0.39, 0.29) is 11.2 Å². The van der Waals surface area contributed by atoms with Crippen LogP contribution in [0.1, 0.15) is 44.4 Å². The third-order valence-corrected chi connectivity index (χ3v) is 5.20. The molecule has 5 heteroatoms. The summed E-state index contributed by atoms with van der Waals surface area (Å²) in [6, 6.07) is 4.10. The maximum atomic E-state index is 6.23. The lowest BCUT2D eigenvalue weighted by Crippen LogP contribution is -2.41. The summed E-state index contributed by atoms with van der Waals surface area (Å²) in [6.07, 6.45) is 2.04. The molecule has 1 aromatic carbocycles. The second-order valence-electron chi connectivity index (χ2n) is 6.98. The largest absolute Gasteiger partial charge is 0.491 e. The number of aryl methyl sites for hydroxylation is 2. The predicted molar refractivity (Wildman–Crippen MR) is 94.0 cm³/mol. The monoisotopic (exact) mass is 321 g/mol. The molecule has 0 aliphatic carbocycles. The van der Waals surface area contributed by atoms with Gasteiger partial charge in [0.15, 0.2) is 0 Å². The van der Waals surface area contributed by atoms with E-state index in [1.807, 2.05) is 47.6 Å². The minimum absolute atomic E-state index is 0.363. The van der Waals surface area contributed by atoms with Gasteiger partial charge in [0.2, 0.25) is 0 Å². The Morgan fingerprint density at radius 3 is 2.00 bits per heavy atom. The van der Waals surface area contributed by atoms with Crippen LogP contribution >= 0.6 is 11.6 Å². The van der Waals surface area contributed by atoms with E-state index in [2.05, 4.69) is 12.1 Å². The van der Waals surface area contributed by atoms with E-state index >= 15 is 0 Å². The Hall–Kier alpha value is -0.805. The van der Waals surface area contributed by atoms with Crippen LogP contribution < -0.4 is 5.73 Å². The van der Waals surface area contributed by atoms with Crippen LogP contribution in [0, 0.1) is 13.8 Å². The van der Waals surface area contributed by atoms with Crippen LogP contribution in [-0.2, 0) is 9.31 Å². The molecule has 0 aromatic heterocycles. The van der Waals surface area contributed by atoms with Gasteiger partial charge in [0.25, 0.3) is 0 Å². The zero-order chi connectivity index (χ0) is 16.7. The van der Waals surface area contributed by atoms with Gasteiger partial charge in [-0.25, -0.2) is 0 Å². The normalized spacial score (nSPS) is 20.5. The second kappa shape index (κ2) is 6.01. The Morgan fingerprint density at radius 2 is 1.59 bits per heavy atom. The van der Waals surface area contributed by atoms with Crippen LogP contribution in [0.5, 0.6) is 0 Å². The Balaban J connectivity index is 2.34. The molecule has 0 bridgehead atoms. The van der Waals surface area contributed by atoms with Crippen LogP contribution in [0.15, 0.2) is 17.6 Å². The van der Waals surface area contributed by atoms with Crippen LogP contribution in [0.25, 0.3) is 6.08 Å². The van der Waals surface area contributed by atoms with Gasteiger partial charge in [-0.1, -0.05) is 29.8 Å².